The lowest BCUT2D eigenvalue weighted by Crippen LogP contribution is -2.44. The van der Waals surface area contributed by atoms with Crippen LogP contribution in [0.4, 0.5) is 0 Å². The van der Waals surface area contributed by atoms with Crippen molar-refractivity contribution in [1.82, 2.24) is 5.32 Å². The highest BCUT2D eigenvalue weighted by Gasteiger charge is 2.13. The Morgan fingerprint density at radius 2 is 2.40 bits per heavy atom. The Labute approximate surface area is 94.7 Å². The zero-order valence-electron chi connectivity index (χ0n) is 9.19. The summed E-state index contributed by atoms with van der Waals surface area (Å²) < 4.78 is 0. The lowest BCUT2D eigenvalue weighted by atomic mass is 10.1. The first-order valence-corrected chi connectivity index (χ1v) is 6.09. The first-order chi connectivity index (χ1) is 7.13. The lowest BCUT2D eigenvalue weighted by molar-refractivity contribution is -0.123. The van der Waals surface area contributed by atoms with Crippen LogP contribution in [0, 0.1) is 0 Å². The summed E-state index contributed by atoms with van der Waals surface area (Å²) in [5.74, 6) is -0.0541. The van der Waals surface area contributed by atoms with Crippen LogP contribution in [0.25, 0.3) is 0 Å². The Balaban J connectivity index is 2.36. The van der Waals surface area contributed by atoms with Gasteiger partial charge in [0.15, 0.2) is 0 Å². The monoisotopic (exact) mass is 226 g/mol. The molecule has 0 saturated carbocycles. The number of hydrogen-bond acceptors (Lipinski definition) is 3. The second kappa shape index (κ2) is 5.88. The first-order valence-electron chi connectivity index (χ1n) is 5.21. The van der Waals surface area contributed by atoms with Crippen LogP contribution in [0.1, 0.15) is 25.1 Å². The number of nitrogens with two attached hydrogens (primary N) is 1. The fourth-order valence-electron chi connectivity index (χ4n) is 1.32. The molecule has 84 valence electrons. The van der Waals surface area contributed by atoms with E-state index in [9.17, 15) is 4.79 Å². The summed E-state index contributed by atoms with van der Waals surface area (Å²) in [5, 5.41) is 4.95. The van der Waals surface area contributed by atoms with Crippen LogP contribution in [-0.2, 0) is 11.2 Å². The quantitative estimate of drug-likeness (QED) is 0.800. The number of thiophene rings is 1. The third-order valence-electron chi connectivity index (χ3n) is 2.25. The molecule has 2 atom stereocenters. The Bertz CT molecular complexity index is 298. The molecule has 0 aliphatic rings. The largest absolute Gasteiger partial charge is 0.352 e. The summed E-state index contributed by atoms with van der Waals surface area (Å²) in [5.41, 5.74) is 5.63. The van der Waals surface area contributed by atoms with Gasteiger partial charge in [0.05, 0.1) is 6.04 Å². The van der Waals surface area contributed by atoms with E-state index in [0.717, 1.165) is 6.42 Å². The molecule has 0 aromatic carbocycles. The zero-order chi connectivity index (χ0) is 11.3. The minimum absolute atomic E-state index is 0.0541. The van der Waals surface area contributed by atoms with E-state index in [1.54, 1.807) is 11.3 Å². The molecule has 15 heavy (non-hydrogen) atoms. The topological polar surface area (TPSA) is 55.1 Å². The van der Waals surface area contributed by atoms with Crippen LogP contribution >= 0.6 is 11.3 Å². The molecule has 1 heterocycles. The normalized spacial score (nSPS) is 14.6. The van der Waals surface area contributed by atoms with Gasteiger partial charge in [0.1, 0.15) is 0 Å². The number of nitrogens with one attached hydrogen (secondary N) is 1. The highest BCUT2D eigenvalue weighted by atomic mass is 32.1. The molecule has 0 saturated heterocycles. The van der Waals surface area contributed by atoms with Crippen molar-refractivity contribution >= 4 is 17.2 Å². The first kappa shape index (κ1) is 12.2. The molecule has 2 unspecified atom stereocenters. The standard InChI is InChI=1S/C11H18N2OS/c1-3-10(12)11(14)13-8(2)7-9-5-4-6-15-9/h4-6,8,10H,3,7,12H2,1-2H3,(H,13,14). The molecule has 1 aromatic rings. The minimum atomic E-state index is -0.379. The Morgan fingerprint density at radius 1 is 1.67 bits per heavy atom. The number of carbonyl (C=O) groups excluding carboxylic acids is 1. The van der Waals surface area contributed by atoms with Crippen LogP contribution in [0.2, 0.25) is 0 Å². The minimum Gasteiger partial charge on any atom is -0.352 e. The maximum Gasteiger partial charge on any atom is 0.237 e. The van der Waals surface area contributed by atoms with Gasteiger partial charge < -0.3 is 11.1 Å². The zero-order valence-corrected chi connectivity index (χ0v) is 10.0. The van der Waals surface area contributed by atoms with Gasteiger partial charge in [-0.15, -0.1) is 11.3 Å². The number of rotatable bonds is 5. The molecule has 3 N–H and O–H groups in total. The third kappa shape index (κ3) is 4.01. The van der Waals surface area contributed by atoms with E-state index >= 15 is 0 Å². The predicted molar refractivity (Wildman–Crippen MR) is 63.9 cm³/mol. The molecule has 4 heteroatoms. The molecular formula is C11H18N2OS. The van der Waals surface area contributed by atoms with Gasteiger partial charge in [-0.25, -0.2) is 0 Å². The highest BCUT2D eigenvalue weighted by Crippen LogP contribution is 2.10. The maximum absolute atomic E-state index is 11.5. The molecule has 1 amide bonds. The van der Waals surface area contributed by atoms with E-state index in [1.807, 2.05) is 25.3 Å². The second-order valence-electron chi connectivity index (χ2n) is 3.71. The van der Waals surface area contributed by atoms with Crippen molar-refractivity contribution < 1.29 is 4.79 Å². The molecule has 0 fully saturated rings. The number of hydrogen-bond donors (Lipinski definition) is 2. The van der Waals surface area contributed by atoms with Crippen molar-refractivity contribution in [3.8, 4) is 0 Å². The Hall–Kier alpha value is -0.870. The van der Waals surface area contributed by atoms with Gasteiger partial charge in [-0.3, -0.25) is 4.79 Å². The van der Waals surface area contributed by atoms with Crippen molar-refractivity contribution in [2.75, 3.05) is 0 Å². The van der Waals surface area contributed by atoms with Crippen molar-refractivity contribution in [3.05, 3.63) is 22.4 Å². The highest BCUT2D eigenvalue weighted by molar-refractivity contribution is 7.09. The van der Waals surface area contributed by atoms with Crippen LogP contribution in [0.3, 0.4) is 0 Å². The summed E-state index contributed by atoms with van der Waals surface area (Å²) in [6.45, 7) is 3.91. The Kier molecular flexibility index (Phi) is 4.78. The fourth-order valence-corrected chi connectivity index (χ4v) is 2.15. The maximum atomic E-state index is 11.5. The molecule has 1 rings (SSSR count). The van der Waals surface area contributed by atoms with Crippen LogP contribution in [0.5, 0.6) is 0 Å². The van der Waals surface area contributed by atoms with Crippen LogP contribution < -0.4 is 11.1 Å². The molecule has 0 bridgehead atoms. The average Bonchev–Trinajstić information content (AvgIpc) is 2.68. The van der Waals surface area contributed by atoms with Crippen molar-refractivity contribution in [2.45, 2.75) is 38.8 Å². The van der Waals surface area contributed by atoms with E-state index in [0.29, 0.717) is 6.42 Å². The van der Waals surface area contributed by atoms with E-state index in [-0.39, 0.29) is 18.0 Å². The summed E-state index contributed by atoms with van der Waals surface area (Å²) in [4.78, 5) is 12.8. The van der Waals surface area contributed by atoms with Gasteiger partial charge >= 0.3 is 0 Å². The number of amides is 1. The third-order valence-corrected chi connectivity index (χ3v) is 3.15. The molecular weight excluding hydrogens is 208 g/mol. The second-order valence-corrected chi connectivity index (χ2v) is 4.74. The molecule has 0 radical (unpaired) electrons. The summed E-state index contributed by atoms with van der Waals surface area (Å²) in [6.07, 6.45) is 1.55. The Morgan fingerprint density at radius 3 is 2.93 bits per heavy atom. The summed E-state index contributed by atoms with van der Waals surface area (Å²) in [7, 11) is 0. The average molecular weight is 226 g/mol. The number of carbonyl (C=O) groups is 1. The lowest BCUT2D eigenvalue weighted by Gasteiger charge is -2.15. The van der Waals surface area contributed by atoms with Gasteiger partial charge in [0.2, 0.25) is 5.91 Å². The molecule has 1 aromatic heterocycles. The molecule has 0 spiro atoms. The molecule has 3 nitrogen and oxygen atoms in total. The van der Waals surface area contributed by atoms with E-state index in [2.05, 4.69) is 11.4 Å². The van der Waals surface area contributed by atoms with Gasteiger partial charge in [0.25, 0.3) is 0 Å². The smallest absolute Gasteiger partial charge is 0.237 e. The fraction of sp³-hybridized carbons (Fsp3) is 0.545. The summed E-state index contributed by atoms with van der Waals surface area (Å²) >= 11 is 1.71. The van der Waals surface area contributed by atoms with E-state index in [1.165, 1.54) is 4.88 Å². The van der Waals surface area contributed by atoms with E-state index < -0.39 is 0 Å². The van der Waals surface area contributed by atoms with Crippen molar-refractivity contribution in [1.29, 1.82) is 0 Å². The molecule has 0 aliphatic heterocycles. The van der Waals surface area contributed by atoms with Crippen LogP contribution in [0.15, 0.2) is 17.5 Å². The van der Waals surface area contributed by atoms with Gasteiger partial charge in [0, 0.05) is 17.3 Å². The van der Waals surface area contributed by atoms with Gasteiger partial charge in [-0.2, -0.15) is 0 Å². The predicted octanol–water partition coefficient (Wildman–Crippen LogP) is 1.53. The summed E-state index contributed by atoms with van der Waals surface area (Å²) in [6, 6.07) is 3.86. The van der Waals surface area contributed by atoms with Gasteiger partial charge in [-0.1, -0.05) is 13.0 Å². The molecule has 0 aliphatic carbocycles. The van der Waals surface area contributed by atoms with Gasteiger partial charge in [-0.05, 0) is 24.8 Å². The van der Waals surface area contributed by atoms with Crippen molar-refractivity contribution in [2.24, 2.45) is 5.73 Å². The SMILES string of the molecule is CCC(N)C(=O)NC(C)Cc1cccs1. The van der Waals surface area contributed by atoms with Crippen LogP contribution in [-0.4, -0.2) is 18.0 Å². The van der Waals surface area contributed by atoms with E-state index in [4.69, 9.17) is 5.73 Å². The van der Waals surface area contributed by atoms with Crippen molar-refractivity contribution in [3.63, 3.8) is 0 Å².